The van der Waals surface area contributed by atoms with Gasteiger partial charge in [0.25, 0.3) is 0 Å². The lowest BCUT2D eigenvalue weighted by molar-refractivity contribution is -0.128. The first-order chi connectivity index (χ1) is 7.09. The number of hydrogen-bond donors (Lipinski definition) is 1. The molecular weight excluding hydrogens is 260 g/mol. The number of amides is 1. The number of ketones is 1. The Bertz CT molecular complexity index is 425. The maximum atomic E-state index is 11.8. The first kappa shape index (κ1) is 10.4. The summed E-state index contributed by atoms with van der Waals surface area (Å²) < 4.78 is 0.844. The lowest BCUT2D eigenvalue weighted by atomic mass is 10.1. The Morgan fingerprint density at radius 3 is 3.00 bits per heavy atom. The minimum atomic E-state index is -0.0476. The van der Waals surface area contributed by atoms with Crippen LogP contribution in [0.2, 0.25) is 0 Å². The molecule has 1 N–H and O–H groups in total. The lowest BCUT2D eigenvalue weighted by Crippen LogP contribution is -2.33. The van der Waals surface area contributed by atoms with Crippen molar-refractivity contribution in [3.8, 4) is 0 Å². The SMILES string of the molecule is CC(=O)N1CCc2c(c[nH]c2Br)C(=O)C1. The summed E-state index contributed by atoms with van der Waals surface area (Å²) >= 11 is 3.36. The van der Waals surface area contributed by atoms with Gasteiger partial charge in [-0.25, -0.2) is 0 Å². The number of halogens is 1. The molecule has 1 aromatic rings. The van der Waals surface area contributed by atoms with Crippen molar-refractivity contribution in [1.82, 2.24) is 9.88 Å². The van der Waals surface area contributed by atoms with Crippen molar-refractivity contribution >= 4 is 27.6 Å². The molecular formula is C10H11BrN2O2. The van der Waals surface area contributed by atoms with Crippen LogP contribution in [0, 0.1) is 0 Å². The third kappa shape index (κ3) is 1.84. The van der Waals surface area contributed by atoms with E-state index in [1.807, 2.05) is 0 Å². The van der Waals surface area contributed by atoms with Crippen LogP contribution in [0.4, 0.5) is 0 Å². The van der Waals surface area contributed by atoms with Crippen molar-refractivity contribution in [2.24, 2.45) is 0 Å². The number of carbonyl (C=O) groups excluding carboxylic acids is 2. The van der Waals surface area contributed by atoms with Crippen LogP contribution >= 0.6 is 15.9 Å². The van der Waals surface area contributed by atoms with Gasteiger partial charge in [0.1, 0.15) is 0 Å². The van der Waals surface area contributed by atoms with Crippen LogP contribution in [0.1, 0.15) is 22.8 Å². The summed E-state index contributed by atoms with van der Waals surface area (Å²) in [6.07, 6.45) is 2.41. The summed E-state index contributed by atoms with van der Waals surface area (Å²) in [5.74, 6) is -0.0479. The van der Waals surface area contributed by atoms with Crippen LogP contribution in [-0.4, -0.2) is 34.7 Å². The molecule has 0 bridgehead atoms. The second-order valence-electron chi connectivity index (χ2n) is 3.61. The van der Waals surface area contributed by atoms with Crippen molar-refractivity contribution in [2.75, 3.05) is 13.1 Å². The van der Waals surface area contributed by atoms with Gasteiger partial charge >= 0.3 is 0 Å². The van der Waals surface area contributed by atoms with Crippen molar-refractivity contribution in [1.29, 1.82) is 0 Å². The molecule has 0 saturated heterocycles. The van der Waals surface area contributed by atoms with Crippen molar-refractivity contribution in [2.45, 2.75) is 13.3 Å². The van der Waals surface area contributed by atoms with Crippen molar-refractivity contribution < 1.29 is 9.59 Å². The van der Waals surface area contributed by atoms with E-state index in [-0.39, 0.29) is 18.2 Å². The molecule has 1 aromatic heterocycles. The Morgan fingerprint density at radius 2 is 2.33 bits per heavy atom. The average molecular weight is 271 g/mol. The van der Waals surface area contributed by atoms with Gasteiger partial charge in [-0.1, -0.05) is 0 Å². The first-order valence-corrected chi connectivity index (χ1v) is 5.53. The Morgan fingerprint density at radius 1 is 1.60 bits per heavy atom. The molecule has 80 valence electrons. The van der Waals surface area contributed by atoms with Gasteiger partial charge in [-0.3, -0.25) is 9.59 Å². The molecule has 0 radical (unpaired) electrons. The third-order valence-corrected chi connectivity index (χ3v) is 3.35. The van der Waals surface area contributed by atoms with E-state index in [9.17, 15) is 9.59 Å². The molecule has 0 spiro atoms. The fraction of sp³-hybridized carbons (Fsp3) is 0.400. The van der Waals surface area contributed by atoms with E-state index in [0.29, 0.717) is 18.5 Å². The summed E-state index contributed by atoms with van der Waals surface area (Å²) in [5, 5.41) is 0. The first-order valence-electron chi connectivity index (χ1n) is 4.74. The van der Waals surface area contributed by atoms with E-state index >= 15 is 0 Å². The van der Waals surface area contributed by atoms with Gasteiger partial charge in [-0.2, -0.15) is 0 Å². The van der Waals surface area contributed by atoms with Crippen molar-refractivity contribution in [3.05, 3.63) is 21.9 Å². The second kappa shape index (κ2) is 3.81. The van der Waals surface area contributed by atoms with Gasteiger partial charge in [0.2, 0.25) is 5.91 Å². The molecule has 5 heteroatoms. The molecule has 2 rings (SSSR count). The number of aromatic amines is 1. The van der Waals surface area contributed by atoms with Crippen LogP contribution in [-0.2, 0) is 11.2 Å². The third-order valence-electron chi connectivity index (χ3n) is 2.65. The molecule has 0 aliphatic carbocycles. The molecule has 1 aliphatic rings. The molecule has 0 fully saturated rings. The predicted molar refractivity (Wildman–Crippen MR) is 58.8 cm³/mol. The molecule has 0 unspecified atom stereocenters. The predicted octanol–water partition coefficient (Wildman–Crippen LogP) is 1.36. The minimum Gasteiger partial charge on any atom is -0.355 e. The topological polar surface area (TPSA) is 53.2 Å². The number of rotatable bonds is 0. The molecule has 0 atom stereocenters. The summed E-state index contributed by atoms with van der Waals surface area (Å²) in [5.41, 5.74) is 1.68. The van der Waals surface area contributed by atoms with E-state index < -0.39 is 0 Å². The zero-order chi connectivity index (χ0) is 11.0. The van der Waals surface area contributed by atoms with E-state index in [0.717, 1.165) is 10.2 Å². The number of nitrogens with zero attached hydrogens (tertiary/aromatic N) is 1. The summed E-state index contributed by atoms with van der Waals surface area (Å²) in [6.45, 7) is 2.28. The second-order valence-corrected chi connectivity index (χ2v) is 4.40. The van der Waals surface area contributed by atoms with E-state index in [2.05, 4.69) is 20.9 Å². The monoisotopic (exact) mass is 270 g/mol. The maximum absolute atomic E-state index is 11.8. The molecule has 0 aromatic carbocycles. The minimum absolute atomic E-state index is 0.000324. The number of fused-ring (bicyclic) bond motifs is 1. The van der Waals surface area contributed by atoms with Crippen LogP contribution in [0.25, 0.3) is 0 Å². The summed E-state index contributed by atoms with van der Waals surface area (Å²) in [4.78, 5) is 27.6. The van der Waals surface area contributed by atoms with Gasteiger partial charge in [0.05, 0.1) is 11.1 Å². The van der Waals surface area contributed by atoms with Crippen LogP contribution < -0.4 is 0 Å². The zero-order valence-corrected chi connectivity index (χ0v) is 9.93. The number of hydrogen-bond acceptors (Lipinski definition) is 2. The van der Waals surface area contributed by atoms with Gasteiger partial charge in [0.15, 0.2) is 5.78 Å². The average Bonchev–Trinajstić information content (AvgIpc) is 2.44. The fourth-order valence-electron chi connectivity index (χ4n) is 1.77. The fourth-order valence-corrected chi connectivity index (χ4v) is 2.30. The number of nitrogens with one attached hydrogen (secondary N) is 1. The molecule has 1 aliphatic heterocycles. The lowest BCUT2D eigenvalue weighted by Gasteiger charge is -2.16. The number of H-pyrrole nitrogens is 1. The van der Waals surface area contributed by atoms with E-state index in [1.54, 1.807) is 11.1 Å². The van der Waals surface area contributed by atoms with Crippen LogP contribution in [0.15, 0.2) is 10.8 Å². The number of carbonyl (C=O) groups is 2. The maximum Gasteiger partial charge on any atom is 0.219 e. The largest absolute Gasteiger partial charge is 0.355 e. The molecule has 4 nitrogen and oxygen atoms in total. The standard InChI is InChI=1S/C10H11BrN2O2/c1-6(14)13-3-2-7-8(9(15)5-13)4-12-10(7)11/h4,12H,2-3,5H2,1H3. The normalized spacial score (nSPS) is 16.1. The highest BCUT2D eigenvalue weighted by molar-refractivity contribution is 9.10. The molecule has 15 heavy (non-hydrogen) atoms. The van der Waals surface area contributed by atoms with E-state index in [4.69, 9.17) is 0 Å². The Hall–Kier alpha value is -1.10. The molecule has 0 saturated carbocycles. The zero-order valence-electron chi connectivity index (χ0n) is 8.34. The van der Waals surface area contributed by atoms with Crippen LogP contribution in [0.3, 0.4) is 0 Å². The van der Waals surface area contributed by atoms with Crippen molar-refractivity contribution in [3.63, 3.8) is 0 Å². The molecule has 1 amide bonds. The number of Topliss-reactive ketones (excluding diaryl/α,β-unsaturated/α-hetero) is 1. The van der Waals surface area contributed by atoms with E-state index in [1.165, 1.54) is 6.92 Å². The Labute approximate surface area is 95.8 Å². The van der Waals surface area contributed by atoms with Gasteiger partial charge in [-0.15, -0.1) is 0 Å². The summed E-state index contributed by atoms with van der Waals surface area (Å²) in [6, 6.07) is 0. The Balaban J connectivity index is 2.33. The highest BCUT2D eigenvalue weighted by Crippen LogP contribution is 2.23. The quantitative estimate of drug-likeness (QED) is 0.774. The smallest absolute Gasteiger partial charge is 0.219 e. The Kier molecular flexibility index (Phi) is 2.65. The van der Waals surface area contributed by atoms with Gasteiger partial charge < -0.3 is 9.88 Å². The molecule has 2 heterocycles. The number of aromatic nitrogens is 1. The van der Waals surface area contributed by atoms with Gasteiger partial charge in [-0.05, 0) is 27.9 Å². The van der Waals surface area contributed by atoms with Gasteiger partial charge in [0, 0.05) is 25.2 Å². The highest BCUT2D eigenvalue weighted by Gasteiger charge is 2.24. The van der Waals surface area contributed by atoms with Crippen LogP contribution in [0.5, 0.6) is 0 Å². The summed E-state index contributed by atoms with van der Waals surface area (Å²) in [7, 11) is 0. The highest BCUT2D eigenvalue weighted by atomic mass is 79.9.